The highest BCUT2D eigenvalue weighted by Crippen LogP contribution is 2.14. The lowest BCUT2D eigenvalue weighted by Gasteiger charge is -2.32. The van der Waals surface area contributed by atoms with Crippen LogP contribution in [0.2, 0.25) is 0 Å². The Labute approximate surface area is 171 Å². The zero-order valence-corrected chi connectivity index (χ0v) is 17.1. The molecule has 1 aliphatic heterocycles. The van der Waals surface area contributed by atoms with E-state index in [0.717, 1.165) is 30.9 Å². The van der Waals surface area contributed by atoms with E-state index in [4.69, 9.17) is 15.2 Å². The average molecular weight is 405 g/mol. The van der Waals surface area contributed by atoms with E-state index in [2.05, 4.69) is 15.6 Å². The molecular formula is C20H31N5O4. The molecule has 9 nitrogen and oxygen atoms in total. The van der Waals surface area contributed by atoms with E-state index in [-0.39, 0.29) is 18.7 Å². The van der Waals surface area contributed by atoms with Gasteiger partial charge in [0.05, 0.1) is 13.2 Å². The summed E-state index contributed by atoms with van der Waals surface area (Å²) in [5.41, 5.74) is 6.07. The number of amides is 2. The van der Waals surface area contributed by atoms with Gasteiger partial charge < -0.3 is 30.7 Å². The van der Waals surface area contributed by atoms with E-state index >= 15 is 0 Å². The predicted molar refractivity (Wildman–Crippen MR) is 111 cm³/mol. The number of hydrogen-bond acceptors (Lipinski definition) is 5. The maximum absolute atomic E-state index is 11.8. The molecule has 1 aromatic rings. The zero-order chi connectivity index (χ0) is 21.1. The van der Waals surface area contributed by atoms with Crippen LogP contribution in [0.3, 0.4) is 0 Å². The minimum atomic E-state index is -0.513. The Hall–Kier alpha value is -2.97. The van der Waals surface area contributed by atoms with Crippen LogP contribution in [0.4, 0.5) is 4.79 Å². The van der Waals surface area contributed by atoms with Crippen molar-refractivity contribution < 1.29 is 19.1 Å². The molecule has 29 heavy (non-hydrogen) atoms. The summed E-state index contributed by atoms with van der Waals surface area (Å²) in [6.07, 6.45) is 1.42. The van der Waals surface area contributed by atoms with Crippen LogP contribution < -0.4 is 21.1 Å². The molecule has 2 rings (SSSR count). The molecule has 1 saturated heterocycles. The second-order valence-electron chi connectivity index (χ2n) is 6.70. The number of aliphatic imine (C=N–C) groups is 1. The Morgan fingerprint density at radius 1 is 1.28 bits per heavy atom. The van der Waals surface area contributed by atoms with Crippen LogP contribution in [0.15, 0.2) is 29.3 Å². The minimum Gasteiger partial charge on any atom is -0.484 e. The van der Waals surface area contributed by atoms with Crippen molar-refractivity contribution in [2.45, 2.75) is 39.3 Å². The number of benzene rings is 1. The lowest BCUT2D eigenvalue weighted by Crippen LogP contribution is -2.49. The number of piperidine rings is 1. The Morgan fingerprint density at radius 3 is 2.69 bits per heavy atom. The van der Waals surface area contributed by atoms with Gasteiger partial charge in [0, 0.05) is 25.7 Å². The summed E-state index contributed by atoms with van der Waals surface area (Å²) in [5.74, 6) is 0.799. The van der Waals surface area contributed by atoms with Gasteiger partial charge in [-0.1, -0.05) is 12.1 Å². The Balaban J connectivity index is 1.89. The highest BCUT2D eigenvalue weighted by Gasteiger charge is 2.24. The highest BCUT2D eigenvalue weighted by atomic mass is 16.6. The number of rotatable bonds is 8. The maximum atomic E-state index is 11.8. The molecule has 0 atom stereocenters. The van der Waals surface area contributed by atoms with E-state index in [0.29, 0.717) is 32.0 Å². The van der Waals surface area contributed by atoms with Gasteiger partial charge in [-0.15, -0.1) is 0 Å². The van der Waals surface area contributed by atoms with Gasteiger partial charge in [0.1, 0.15) is 5.75 Å². The number of likely N-dealkylation sites (tertiary alicyclic amines) is 1. The normalized spacial score (nSPS) is 15.0. The van der Waals surface area contributed by atoms with Crippen LogP contribution in [0.1, 0.15) is 32.3 Å². The number of hydrogen-bond donors (Lipinski definition) is 3. The lowest BCUT2D eigenvalue weighted by atomic mass is 10.1. The first kappa shape index (κ1) is 22.3. The van der Waals surface area contributed by atoms with Crippen LogP contribution in [0, 0.1) is 0 Å². The second kappa shape index (κ2) is 11.8. The van der Waals surface area contributed by atoms with Crippen molar-refractivity contribution in [3.05, 3.63) is 29.8 Å². The number of primary amides is 1. The van der Waals surface area contributed by atoms with Gasteiger partial charge in [-0.3, -0.25) is 4.79 Å². The number of nitrogens with zero attached hydrogens (tertiary/aromatic N) is 2. The minimum absolute atomic E-state index is 0.151. The predicted octanol–water partition coefficient (Wildman–Crippen LogP) is 1.23. The Kier molecular flexibility index (Phi) is 9.07. The molecule has 160 valence electrons. The molecule has 0 unspecified atom stereocenters. The third kappa shape index (κ3) is 7.89. The molecule has 1 heterocycles. The van der Waals surface area contributed by atoms with Crippen molar-refractivity contribution in [1.29, 1.82) is 0 Å². The number of guanidine groups is 1. The fourth-order valence-electron chi connectivity index (χ4n) is 2.99. The molecule has 1 aromatic carbocycles. The Bertz CT molecular complexity index is 702. The van der Waals surface area contributed by atoms with Gasteiger partial charge in [-0.25, -0.2) is 9.79 Å². The number of carbonyl (C=O) groups is 2. The van der Waals surface area contributed by atoms with E-state index in [1.54, 1.807) is 11.0 Å². The molecule has 1 fully saturated rings. The summed E-state index contributed by atoms with van der Waals surface area (Å²) in [5, 5.41) is 6.69. The third-order valence-electron chi connectivity index (χ3n) is 4.41. The summed E-state index contributed by atoms with van der Waals surface area (Å²) in [7, 11) is 0. The summed E-state index contributed by atoms with van der Waals surface area (Å²) in [6.45, 7) is 6.60. The number of carbonyl (C=O) groups excluding carboxylic acids is 2. The fraction of sp³-hybridized carbons (Fsp3) is 0.550. The molecule has 0 aliphatic carbocycles. The molecule has 0 saturated carbocycles. The second-order valence-corrected chi connectivity index (χ2v) is 6.70. The largest absolute Gasteiger partial charge is 0.484 e. The van der Waals surface area contributed by atoms with Crippen LogP contribution in [0.5, 0.6) is 5.75 Å². The van der Waals surface area contributed by atoms with Crippen molar-refractivity contribution in [3.8, 4) is 5.75 Å². The highest BCUT2D eigenvalue weighted by molar-refractivity contribution is 5.80. The molecule has 4 N–H and O–H groups in total. The molecule has 0 spiro atoms. The van der Waals surface area contributed by atoms with Crippen molar-refractivity contribution in [2.24, 2.45) is 10.7 Å². The standard InChI is InChI=1S/C20H31N5O4/c1-3-22-19(24-16-8-10-25(11-9-16)20(27)28-4-2)23-13-15-6-5-7-17(12-15)29-14-18(21)26/h5-7,12,16H,3-4,8-11,13-14H2,1-2H3,(H2,21,26)(H2,22,23,24). The van der Waals surface area contributed by atoms with Crippen molar-refractivity contribution in [1.82, 2.24) is 15.5 Å². The third-order valence-corrected chi connectivity index (χ3v) is 4.41. The van der Waals surface area contributed by atoms with Crippen molar-refractivity contribution >= 4 is 18.0 Å². The van der Waals surface area contributed by atoms with E-state index in [9.17, 15) is 9.59 Å². The fourth-order valence-corrected chi connectivity index (χ4v) is 2.99. The van der Waals surface area contributed by atoms with E-state index < -0.39 is 5.91 Å². The quantitative estimate of drug-likeness (QED) is 0.442. The van der Waals surface area contributed by atoms with Crippen LogP contribution in [-0.2, 0) is 16.1 Å². The Morgan fingerprint density at radius 2 is 2.03 bits per heavy atom. The first-order valence-corrected chi connectivity index (χ1v) is 9.98. The van der Waals surface area contributed by atoms with Crippen molar-refractivity contribution in [2.75, 3.05) is 32.8 Å². The average Bonchev–Trinajstić information content (AvgIpc) is 2.72. The molecule has 0 bridgehead atoms. The lowest BCUT2D eigenvalue weighted by molar-refractivity contribution is -0.119. The molecular weight excluding hydrogens is 374 g/mol. The number of nitrogens with one attached hydrogen (secondary N) is 2. The summed E-state index contributed by atoms with van der Waals surface area (Å²) in [4.78, 5) is 29.0. The zero-order valence-electron chi connectivity index (χ0n) is 17.1. The summed E-state index contributed by atoms with van der Waals surface area (Å²) >= 11 is 0. The van der Waals surface area contributed by atoms with Gasteiger partial charge in [0.15, 0.2) is 12.6 Å². The summed E-state index contributed by atoms with van der Waals surface area (Å²) < 4.78 is 10.4. The van der Waals surface area contributed by atoms with E-state index in [1.165, 1.54) is 0 Å². The maximum Gasteiger partial charge on any atom is 0.409 e. The summed E-state index contributed by atoms with van der Waals surface area (Å²) in [6, 6.07) is 7.66. The van der Waals surface area contributed by atoms with Crippen LogP contribution in [-0.4, -0.2) is 61.7 Å². The monoisotopic (exact) mass is 405 g/mol. The first-order valence-electron chi connectivity index (χ1n) is 9.98. The molecule has 2 amide bonds. The first-order chi connectivity index (χ1) is 14.0. The molecule has 1 aliphatic rings. The smallest absolute Gasteiger partial charge is 0.409 e. The van der Waals surface area contributed by atoms with Crippen molar-refractivity contribution in [3.63, 3.8) is 0 Å². The van der Waals surface area contributed by atoms with Gasteiger partial charge in [-0.2, -0.15) is 0 Å². The van der Waals surface area contributed by atoms with Gasteiger partial charge in [-0.05, 0) is 44.4 Å². The van der Waals surface area contributed by atoms with Gasteiger partial charge in [0.25, 0.3) is 5.91 Å². The van der Waals surface area contributed by atoms with Crippen LogP contribution >= 0.6 is 0 Å². The van der Waals surface area contributed by atoms with Crippen LogP contribution in [0.25, 0.3) is 0 Å². The van der Waals surface area contributed by atoms with Gasteiger partial charge >= 0.3 is 6.09 Å². The van der Waals surface area contributed by atoms with E-state index in [1.807, 2.05) is 32.0 Å². The molecule has 0 aromatic heterocycles. The molecule has 0 radical (unpaired) electrons. The number of ether oxygens (including phenoxy) is 2. The molecule has 9 heteroatoms. The number of nitrogens with two attached hydrogens (primary N) is 1. The topological polar surface area (TPSA) is 118 Å². The van der Waals surface area contributed by atoms with Gasteiger partial charge in [0.2, 0.25) is 0 Å². The SMILES string of the molecule is CCNC(=NCc1cccc(OCC(N)=O)c1)NC1CCN(C(=O)OCC)CC1.